The van der Waals surface area contributed by atoms with Crippen molar-refractivity contribution in [2.45, 2.75) is 39.4 Å². The summed E-state index contributed by atoms with van der Waals surface area (Å²) in [4.78, 5) is 11.2. The smallest absolute Gasteiger partial charge is 0.229 e. The highest BCUT2D eigenvalue weighted by atomic mass is 79.9. The Bertz CT molecular complexity index is 468. The highest BCUT2D eigenvalue weighted by Gasteiger charge is 2.34. The first-order valence-electron chi connectivity index (χ1n) is 6.90. The molecule has 1 saturated heterocycles. The zero-order valence-electron chi connectivity index (χ0n) is 12.5. The van der Waals surface area contributed by atoms with Crippen LogP contribution >= 0.6 is 15.9 Å². The number of aromatic nitrogens is 2. The average Bonchev–Trinajstić information content (AvgIpc) is 2.36. The molecule has 1 aromatic rings. The molecule has 0 amide bonds. The Labute approximate surface area is 128 Å². The maximum atomic E-state index is 6.01. The van der Waals surface area contributed by atoms with E-state index in [9.17, 15) is 0 Å². The fourth-order valence-corrected chi connectivity index (χ4v) is 2.75. The molecule has 112 valence electrons. The van der Waals surface area contributed by atoms with Crippen LogP contribution in [0.25, 0.3) is 0 Å². The van der Waals surface area contributed by atoms with E-state index in [4.69, 9.17) is 9.47 Å². The van der Waals surface area contributed by atoms with Crippen molar-refractivity contribution in [3.05, 3.63) is 11.8 Å². The van der Waals surface area contributed by atoms with E-state index in [1.165, 1.54) is 0 Å². The van der Waals surface area contributed by atoms with Gasteiger partial charge < -0.3 is 14.4 Å². The molecule has 0 N–H and O–H groups in total. The van der Waals surface area contributed by atoms with Gasteiger partial charge in [0, 0.05) is 30.2 Å². The van der Waals surface area contributed by atoms with E-state index < -0.39 is 0 Å². The molecule has 2 rings (SSSR count). The van der Waals surface area contributed by atoms with Crippen LogP contribution in [0.15, 0.2) is 6.07 Å². The second-order valence-corrected chi connectivity index (χ2v) is 6.26. The van der Waals surface area contributed by atoms with Crippen molar-refractivity contribution < 1.29 is 9.47 Å². The fourth-order valence-electron chi connectivity index (χ4n) is 2.42. The fraction of sp³-hybridized carbons (Fsp3) is 0.714. The van der Waals surface area contributed by atoms with E-state index in [0.717, 1.165) is 30.1 Å². The number of alkyl halides is 1. The Balaban J connectivity index is 2.25. The molecule has 1 aromatic heterocycles. The van der Waals surface area contributed by atoms with Crippen molar-refractivity contribution in [1.82, 2.24) is 9.97 Å². The Hall–Kier alpha value is -0.880. The van der Waals surface area contributed by atoms with Gasteiger partial charge in [0.05, 0.1) is 18.3 Å². The molecule has 1 aliphatic heterocycles. The first-order valence-corrected chi connectivity index (χ1v) is 8.03. The maximum absolute atomic E-state index is 6.01. The highest BCUT2D eigenvalue weighted by Crippen LogP contribution is 2.26. The summed E-state index contributed by atoms with van der Waals surface area (Å²) in [6.07, 6.45) is 0.137. The number of rotatable bonds is 4. The number of hydrogen-bond donors (Lipinski definition) is 0. The van der Waals surface area contributed by atoms with E-state index in [1.807, 2.05) is 19.9 Å². The summed E-state index contributed by atoms with van der Waals surface area (Å²) in [7, 11) is 0. The van der Waals surface area contributed by atoms with Gasteiger partial charge in [-0.05, 0) is 27.7 Å². The van der Waals surface area contributed by atoms with Crippen molar-refractivity contribution in [2.75, 3.05) is 29.9 Å². The molecule has 1 fully saturated rings. The van der Waals surface area contributed by atoms with Crippen LogP contribution in [0.2, 0.25) is 0 Å². The van der Waals surface area contributed by atoms with Gasteiger partial charge in [-0.1, -0.05) is 15.9 Å². The topological polar surface area (TPSA) is 47.5 Å². The number of halogens is 1. The van der Waals surface area contributed by atoms with Crippen LogP contribution in [0.3, 0.4) is 0 Å². The van der Waals surface area contributed by atoms with E-state index in [2.05, 4.69) is 44.6 Å². The van der Waals surface area contributed by atoms with Gasteiger partial charge in [0.1, 0.15) is 0 Å². The highest BCUT2D eigenvalue weighted by molar-refractivity contribution is 9.09. The molecule has 1 atom stereocenters. The first kappa shape index (κ1) is 15.5. The summed E-state index contributed by atoms with van der Waals surface area (Å²) in [6.45, 7) is 10.3. The largest absolute Gasteiger partial charge is 0.478 e. The summed E-state index contributed by atoms with van der Waals surface area (Å²) in [5.41, 5.74) is 0.702. The number of aryl methyl sites for hydroxylation is 1. The quantitative estimate of drug-likeness (QED) is 0.786. The van der Waals surface area contributed by atoms with Gasteiger partial charge >= 0.3 is 0 Å². The molecule has 6 heteroatoms. The number of hydrogen-bond acceptors (Lipinski definition) is 5. The minimum atomic E-state index is -0.213. The summed E-state index contributed by atoms with van der Waals surface area (Å²) in [5, 5.41) is 0.803. The van der Waals surface area contributed by atoms with E-state index >= 15 is 0 Å². The van der Waals surface area contributed by atoms with Crippen LogP contribution in [0.1, 0.15) is 26.5 Å². The summed E-state index contributed by atoms with van der Waals surface area (Å²) < 4.78 is 11.5. The van der Waals surface area contributed by atoms with Crippen LogP contribution in [-0.4, -0.2) is 46.7 Å². The number of ether oxygens (including phenoxy) is 2. The Kier molecular flexibility index (Phi) is 4.86. The third kappa shape index (κ3) is 3.82. The minimum absolute atomic E-state index is 0.137. The molecular formula is C14H22BrN3O2. The van der Waals surface area contributed by atoms with Crippen molar-refractivity contribution in [1.29, 1.82) is 0 Å². The third-order valence-corrected chi connectivity index (χ3v) is 3.77. The second kappa shape index (κ2) is 6.26. The van der Waals surface area contributed by atoms with Crippen LogP contribution in [0.4, 0.5) is 5.95 Å². The van der Waals surface area contributed by atoms with Gasteiger partial charge in [-0.3, -0.25) is 0 Å². The number of anilines is 1. The normalized spacial score (nSPS) is 21.9. The van der Waals surface area contributed by atoms with Gasteiger partial charge in [0.25, 0.3) is 0 Å². The molecule has 0 aromatic carbocycles. The maximum Gasteiger partial charge on any atom is 0.229 e. The van der Waals surface area contributed by atoms with Gasteiger partial charge in [0.15, 0.2) is 0 Å². The Morgan fingerprint density at radius 2 is 2.25 bits per heavy atom. The first-order chi connectivity index (χ1) is 9.43. The van der Waals surface area contributed by atoms with E-state index in [-0.39, 0.29) is 11.7 Å². The standard InChI is InChI=1S/C14H22BrN3O2/c1-5-19-12-6-10(2)16-13(17-12)18-8-11(7-15)20-14(3,4)9-18/h6,11H,5,7-9H2,1-4H3. The molecule has 0 aliphatic carbocycles. The molecule has 0 spiro atoms. The van der Waals surface area contributed by atoms with Crippen LogP contribution in [0.5, 0.6) is 5.88 Å². The Morgan fingerprint density at radius 3 is 2.90 bits per heavy atom. The lowest BCUT2D eigenvalue weighted by molar-refractivity contribution is -0.0728. The molecule has 2 heterocycles. The molecule has 5 nitrogen and oxygen atoms in total. The summed E-state index contributed by atoms with van der Waals surface area (Å²) >= 11 is 3.50. The molecule has 20 heavy (non-hydrogen) atoms. The minimum Gasteiger partial charge on any atom is -0.478 e. The van der Waals surface area contributed by atoms with E-state index in [0.29, 0.717) is 12.5 Å². The van der Waals surface area contributed by atoms with Crippen LogP contribution < -0.4 is 9.64 Å². The zero-order valence-corrected chi connectivity index (χ0v) is 14.1. The van der Waals surface area contributed by atoms with Crippen molar-refractivity contribution in [3.63, 3.8) is 0 Å². The Morgan fingerprint density at radius 1 is 1.50 bits per heavy atom. The number of morpholine rings is 1. The zero-order chi connectivity index (χ0) is 14.8. The molecule has 1 unspecified atom stereocenters. The van der Waals surface area contributed by atoms with E-state index in [1.54, 1.807) is 0 Å². The third-order valence-electron chi connectivity index (χ3n) is 3.05. The van der Waals surface area contributed by atoms with Gasteiger partial charge in [-0.15, -0.1) is 0 Å². The van der Waals surface area contributed by atoms with Gasteiger partial charge in [-0.2, -0.15) is 4.98 Å². The van der Waals surface area contributed by atoms with Gasteiger partial charge in [0.2, 0.25) is 11.8 Å². The lowest BCUT2D eigenvalue weighted by atomic mass is 10.1. The predicted octanol–water partition coefficient (Wildman–Crippen LogP) is 2.56. The molecular weight excluding hydrogens is 322 g/mol. The molecule has 1 aliphatic rings. The lowest BCUT2D eigenvalue weighted by Gasteiger charge is -2.42. The summed E-state index contributed by atoms with van der Waals surface area (Å²) in [5.74, 6) is 1.35. The lowest BCUT2D eigenvalue weighted by Crippen LogP contribution is -2.54. The monoisotopic (exact) mass is 343 g/mol. The van der Waals surface area contributed by atoms with Crippen molar-refractivity contribution in [3.8, 4) is 5.88 Å². The van der Waals surface area contributed by atoms with Crippen molar-refractivity contribution >= 4 is 21.9 Å². The SMILES string of the molecule is CCOc1cc(C)nc(N2CC(CBr)OC(C)(C)C2)n1. The van der Waals surface area contributed by atoms with Crippen molar-refractivity contribution in [2.24, 2.45) is 0 Å². The second-order valence-electron chi connectivity index (χ2n) is 5.61. The molecule has 0 saturated carbocycles. The van der Waals surface area contributed by atoms with Crippen LogP contribution in [-0.2, 0) is 4.74 Å². The molecule has 0 bridgehead atoms. The number of nitrogens with zero attached hydrogens (tertiary/aromatic N) is 3. The predicted molar refractivity (Wildman–Crippen MR) is 82.9 cm³/mol. The molecule has 0 radical (unpaired) electrons. The van der Waals surface area contributed by atoms with Crippen LogP contribution in [0, 0.1) is 6.92 Å². The summed E-state index contributed by atoms with van der Waals surface area (Å²) in [6, 6.07) is 1.86. The van der Waals surface area contributed by atoms with Gasteiger partial charge in [-0.25, -0.2) is 4.98 Å². The average molecular weight is 344 g/mol.